The van der Waals surface area contributed by atoms with E-state index < -0.39 is 10.0 Å². The van der Waals surface area contributed by atoms with E-state index in [1.165, 1.54) is 19.4 Å². The summed E-state index contributed by atoms with van der Waals surface area (Å²) in [5, 5.41) is 0. The maximum atomic E-state index is 13.1. The summed E-state index contributed by atoms with van der Waals surface area (Å²) in [6, 6.07) is 10.1. The zero-order valence-corrected chi connectivity index (χ0v) is 17.4. The molecule has 0 saturated heterocycles. The first-order chi connectivity index (χ1) is 13.8. The summed E-state index contributed by atoms with van der Waals surface area (Å²) in [5.41, 5.74) is 1.56. The van der Waals surface area contributed by atoms with Crippen LogP contribution in [0.25, 0.3) is 11.3 Å². The molecule has 3 aromatic rings. The van der Waals surface area contributed by atoms with Crippen molar-refractivity contribution in [3.05, 3.63) is 54.5 Å². The third-order valence-electron chi connectivity index (χ3n) is 3.85. The number of pyridine rings is 1. The average molecular weight is 414 g/mol. The number of ether oxygens (including phenoxy) is 2. The molecule has 0 unspecified atom stereocenters. The third-order valence-corrected chi connectivity index (χ3v) is 5.22. The van der Waals surface area contributed by atoms with E-state index in [1.54, 1.807) is 43.5 Å². The van der Waals surface area contributed by atoms with Crippen LogP contribution < -0.4 is 14.2 Å². The van der Waals surface area contributed by atoms with Gasteiger partial charge >= 0.3 is 0 Å². The SMILES string of the molecule is COc1nc(C)cnc1NS(=O)(=O)c1cccnc1-c1ccc(OC(C)C)cc1. The van der Waals surface area contributed by atoms with Gasteiger partial charge in [0.1, 0.15) is 10.6 Å². The number of anilines is 1. The molecule has 8 nitrogen and oxygen atoms in total. The van der Waals surface area contributed by atoms with Gasteiger partial charge in [-0.3, -0.25) is 9.71 Å². The van der Waals surface area contributed by atoms with Crippen molar-refractivity contribution in [3.63, 3.8) is 0 Å². The molecule has 29 heavy (non-hydrogen) atoms. The van der Waals surface area contributed by atoms with Gasteiger partial charge in [0, 0.05) is 11.8 Å². The number of hydrogen-bond donors (Lipinski definition) is 1. The molecule has 0 fully saturated rings. The molecule has 1 aromatic carbocycles. The maximum absolute atomic E-state index is 13.1. The summed E-state index contributed by atoms with van der Waals surface area (Å²) in [5.74, 6) is 0.796. The summed E-state index contributed by atoms with van der Waals surface area (Å²) in [6.45, 7) is 5.61. The molecule has 0 atom stereocenters. The zero-order valence-electron chi connectivity index (χ0n) is 16.6. The first kappa shape index (κ1) is 20.5. The molecule has 152 valence electrons. The van der Waals surface area contributed by atoms with Gasteiger partial charge < -0.3 is 9.47 Å². The highest BCUT2D eigenvalue weighted by atomic mass is 32.2. The number of benzene rings is 1. The second kappa shape index (κ2) is 8.44. The van der Waals surface area contributed by atoms with Gasteiger partial charge in [0.2, 0.25) is 5.82 Å². The van der Waals surface area contributed by atoms with E-state index in [9.17, 15) is 8.42 Å². The van der Waals surface area contributed by atoms with E-state index in [0.717, 1.165) is 0 Å². The lowest BCUT2D eigenvalue weighted by molar-refractivity contribution is 0.242. The Kier molecular flexibility index (Phi) is 5.97. The minimum absolute atomic E-state index is 0.00795. The standard InChI is InChI=1S/C20H22N4O4S/c1-13(2)28-16-9-7-15(8-10-16)18-17(6-5-11-21-18)29(25,26)24-19-20(27-4)23-14(3)12-22-19/h5-13H,1-4H3,(H,22,24). The highest BCUT2D eigenvalue weighted by molar-refractivity contribution is 7.92. The Hall–Kier alpha value is -3.20. The normalized spacial score (nSPS) is 11.3. The summed E-state index contributed by atoms with van der Waals surface area (Å²) in [4.78, 5) is 12.5. The molecule has 3 rings (SSSR count). The van der Waals surface area contributed by atoms with E-state index in [4.69, 9.17) is 9.47 Å². The van der Waals surface area contributed by atoms with Crippen LogP contribution in [0.5, 0.6) is 11.6 Å². The maximum Gasteiger partial charge on any atom is 0.265 e. The van der Waals surface area contributed by atoms with Gasteiger partial charge in [0.05, 0.1) is 30.8 Å². The smallest absolute Gasteiger partial charge is 0.265 e. The van der Waals surface area contributed by atoms with E-state index in [-0.39, 0.29) is 22.7 Å². The highest BCUT2D eigenvalue weighted by Crippen LogP contribution is 2.29. The lowest BCUT2D eigenvalue weighted by Gasteiger charge is -2.14. The van der Waals surface area contributed by atoms with Crippen LogP contribution in [-0.4, -0.2) is 36.6 Å². The molecule has 2 aromatic heterocycles. The van der Waals surface area contributed by atoms with Crippen LogP contribution in [0.4, 0.5) is 5.82 Å². The third kappa shape index (κ3) is 4.80. The minimum Gasteiger partial charge on any atom is -0.491 e. The van der Waals surface area contributed by atoms with Crippen molar-refractivity contribution < 1.29 is 17.9 Å². The van der Waals surface area contributed by atoms with Gasteiger partial charge in [0.25, 0.3) is 15.9 Å². The lowest BCUT2D eigenvalue weighted by atomic mass is 10.1. The number of rotatable bonds is 7. The first-order valence-corrected chi connectivity index (χ1v) is 10.4. The van der Waals surface area contributed by atoms with Gasteiger partial charge in [-0.15, -0.1) is 0 Å². The molecule has 0 bridgehead atoms. The fourth-order valence-electron chi connectivity index (χ4n) is 2.64. The van der Waals surface area contributed by atoms with Gasteiger partial charge in [-0.1, -0.05) is 0 Å². The first-order valence-electron chi connectivity index (χ1n) is 8.92. The summed E-state index contributed by atoms with van der Waals surface area (Å²) in [6.07, 6.45) is 3.04. The molecule has 1 N–H and O–H groups in total. The number of aromatic nitrogens is 3. The van der Waals surface area contributed by atoms with Crippen molar-refractivity contribution in [3.8, 4) is 22.9 Å². The molecule has 0 aliphatic carbocycles. The van der Waals surface area contributed by atoms with Crippen molar-refractivity contribution in [2.24, 2.45) is 0 Å². The topological polar surface area (TPSA) is 103 Å². The fraction of sp³-hybridized carbons (Fsp3) is 0.250. The van der Waals surface area contributed by atoms with Crippen molar-refractivity contribution in [1.82, 2.24) is 15.0 Å². The Bertz CT molecular complexity index is 1100. The van der Waals surface area contributed by atoms with Gasteiger partial charge in [-0.2, -0.15) is 0 Å². The molecule has 0 radical (unpaired) electrons. The van der Waals surface area contributed by atoms with Crippen LogP contribution in [0.15, 0.2) is 53.7 Å². The second-order valence-corrected chi connectivity index (χ2v) is 8.17. The van der Waals surface area contributed by atoms with Gasteiger partial charge in [-0.05, 0) is 57.2 Å². The quantitative estimate of drug-likeness (QED) is 0.631. The molecule has 0 aliphatic heterocycles. The Balaban J connectivity index is 1.97. The van der Waals surface area contributed by atoms with Crippen molar-refractivity contribution in [2.45, 2.75) is 31.8 Å². The van der Waals surface area contributed by atoms with Crippen LogP contribution in [0, 0.1) is 6.92 Å². The predicted octanol–water partition coefficient (Wildman–Crippen LogP) is 3.44. The van der Waals surface area contributed by atoms with E-state index in [0.29, 0.717) is 22.7 Å². The van der Waals surface area contributed by atoms with Crippen molar-refractivity contribution in [1.29, 1.82) is 0 Å². The summed E-state index contributed by atoms with van der Waals surface area (Å²) in [7, 11) is -2.59. The van der Waals surface area contributed by atoms with Crippen LogP contribution in [0.2, 0.25) is 0 Å². The van der Waals surface area contributed by atoms with Crippen molar-refractivity contribution >= 4 is 15.8 Å². The lowest BCUT2D eigenvalue weighted by Crippen LogP contribution is -2.16. The molecule has 0 aliphatic rings. The van der Waals surface area contributed by atoms with Crippen LogP contribution in [-0.2, 0) is 10.0 Å². The average Bonchev–Trinajstić information content (AvgIpc) is 2.69. The molecular weight excluding hydrogens is 392 g/mol. The zero-order chi connectivity index (χ0) is 21.0. The highest BCUT2D eigenvalue weighted by Gasteiger charge is 2.23. The van der Waals surface area contributed by atoms with Crippen LogP contribution >= 0.6 is 0 Å². The van der Waals surface area contributed by atoms with Crippen molar-refractivity contribution in [2.75, 3.05) is 11.8 Å². The second-order valence-electron chi connectivity index (χ2n) is 6.52. The Morgan fingerprint density at radius 3 is 2.45 bits per heavy atom. The Morgan fingerprint density at radius 1 is 1.07 bits per heavy atom. The van der Waals surface area contributed by atoms with E-state index in [1.807, 2.05) is 13.8 Å². The Morgan fingerprint density at radius 2 is 1.79 bits per heavy atom. The molecule has 9 heteroatoms. The molecule has 2 heterocycles. The molecule has 0 amide bonds. The number of sulfonamides is 1. The van der Waals surface area contributed by atoms with E-state index in [2.05, 4.69) is 19.7 Å². The number of nitrogens with zero attached hydrogens (tertiary/aromatic N) is 3. The van der Waals surface area contributed by atoms with Gasteiger partial charge in [0.15, 0.2) is 0 Å². The number of hydrogen-bond acceptors (Lipinski definition) is 7. The molecule has 0 spiro atoms. The minimum atomic E-state index is -3.99. The fourth-order valence-corrected chi connectivity index (χ4v) is 3.82. The molecular formula is C20H22N4O4S. The molecule has 0 saturated carbocycles. The summed E-state index contributed by atoms with van der Waals surface area (Å²) < 4.78 is 39.3. The number of aryl methyl sites for hydroxylation is 1. The predicted molar refractivity (Wildman–Crippen MR) is 110 cm³/mol. The van der Waals surface area contributed by atoms with E-state index >= 15 is 0 Å². The monoisotopic (exact) mass is 414 g/mol. The van der Waals surface area contributed by atoms with Gasteiger partial charge in [-0.25, -0.2) is 18.4 Å². The largest absolute Gasteiger partial charge is 0.491 e. The number of nitrogens with one attached hydrogen (secondary N) is 1. The van der Waals surface area contributed by atoms with Crippen LogP contribution in [0.3, 0.4) is 0 Å². The summed E-state index contributed by atoms with van der Waals surface area (Å²) >= 11 is 0. The van der Waals surface area contributed by atoms with Crippen LogP contribution in [0.1, 0.15) is 19.5 Å². The number of methoxy groups -OCH3 is 1. The Labute approximate surface area is 170 Å².